The van der Waals surface area contributed by atoms with Gasteiger partial charge in [0.1, 0.15) is 0 Å². The third kappa shape index (κ3) is 2.03. The molecule has 0 aliphatic carbocycles. The van der Waals surface area contributed by atoms with Gasteiger partial charge >= 0.3 is 11.9 Å². The first-order valence-electron chi connectivity index (χ1n) is 3.94. The summed E-state index contributed by atoms with van der Waals surface area (Å²) in [7, 11) is 1.80. The number of hydrogen-bond acceptors (Lipinski definition) is 2. The molecule has 3 nitrogen and oxygen atoms in total. The third-order valence-corrected chi connectivity index (χ3v) is 2.08. The van der Waals surface area contributed by atoms with Gasteiger partial charge in [0.15, 0.2) is 0 Å². The number of aliphatic carboxylic acids is 1. The Hall–Kier alpha value is -0.970. The van der Waals surface area contributed by atoms with Crippen LogP contribution in [-0.4, -0.2) is 42.0 Å². The molecule has 0 aromatic heterocycles. The molecule has 0 amide bonds. The van der Waals surface area contributed by atoms with E-state index in [1.807, 2.05) is 4.90 Å². The summed E-state index contributed by atoms with van der Waals surface area (Å²) in [5, 5.41) is 8.25. The van der Waals surface area contributed by atoms with Crippen LogP contribution in [0.5, 0.6) is 0 Å². The molecule has 0 spiro atoms. The Morgan fingerprint density at radius 3 is 2.69 bits per heavy atom. The van der Waals surface area contributed by atoms with Crippen LogP contribution < -0.4 is 0 Å². The highest BCUT2D eigenvalue weighted by Crippen LogP contribution is 2.28. The minimum Gasteiger partial charge on any atom is -0.477 e. The standard InChI is InChI=1S/C8H11F2NO2/c1-11-4-2-6(3-5-11)8(9,10)7(12)13/h2H,3-5H2,1H3,(H,12,13). The van der Waals surface area contributed by atoms with Gasteiger partial charge in [-0.25, -0.2) is 4.79 Å². The van der Waals surface area contributed by atoms with E-state index in [1.165, 1.54) is 6.08 Å². The van der Waals surface area contributed by atoms with Crippen LogP contribution in [-0.2, 0) is 4.79 Å². The van der Waals surface area contributed by atoms with Crippen molar-refractivity contribution in [3.8, 4) is 0 Å². The predicted octanol–water partition coefficient (Wildman–Crippen LogP) is 0.968. The van der Waals surface area contributed by atoms with Gasteiger partial charge in [-0.05, 0) is 13.5 Å². The molecule has 0 aromatic carbocycles. The lowest BCUT2D eigenvalue weighted by Gasteiger charge is -2.24. The van der Waals surface area contributed by atoms with E-state index < -0.39 is 11.9 Å². The first kappa shape index (κ1) is 10.1. The van der Waals surface area contributed by atoms with Crippen molar-refractivity contribution in [3.05, 3.63) is 11.6 Å². The van der Waals surface area contributed by atoms with E-state index in [4.69, 9.17) is 5.11 Å². The summed E-state index contributed by atoms with van der Waals surface area (Å²) in [4.78, 5) is 12.0. The maximum atomic E-state index is 12.9. The smallest absolute Gasteiger partial charge is 0.379 e. The highest BCUT2D eigenvalue weighted by Gasteiger charge is 2.43. The van der Waals surface area contributed by atoms with E-state index in [1.54, 1.807) is 7.05 Å². The Morgan fingerprint density at radius 1 is 1.69 bits per heavy atom. The van der Waals surface area contributed by atoms with Crippen molar-refractivity contribution < 1.29 is 18.7 Å². The van der Waals surface area contributed by atoms with E-state index in [0.717, 1.165) is 0 Å². The van der Waals surface area contributed by atoms with Gasteiger partial charge in [0, 0.05) is 18.7 Å². The molecule has 0 saturated carbocycles. The molecule has 0 unspecified atom stereocenters. The topological polar surface area (TPSA) is 40.5 Å². The van der Waals surface area contributed by atoms with Gasteiger partial charge < -0.3 is 10.0 Å². The lowest BCUT2D eigenvalue weighted by atomic mass is 10.0. The van der Waals surface area contributed by atoms with Gasteiger partial charge in [-0.3, -0.25) is 0 Å². The maximum absolute atomic E-state index is 12.9. The van der Waals surface area contributed by atoms with Gasteiger partial charge in [0.05, 0.1) is 0 Å². The summed E-state index contributed by atoms with van der Waals surface area (Å²) in [5.74, 6) is -5.76. The van der Waals surface area contributed by atoms with Crippen LogP contribution >= 0.6 is 0 Å². The van der Waals surface area contributed by atoms with E-state index in [-0.39, 0.29) is 12.0 Å². The fourth-order valence-corrected chi connectivity index (χ4v) is 1.19. The minimum absolute atomic E-state index is 0.121. The average Bonchev–Trinajstić information content (AvgIpc) is 2.04. The van der Waals surface area contributed by atoms with Crippen molar-refractivity contribution in [2.75, 3.05) is 20.1 Å². The second kappa shape index (κ2) is 3.41. The number of hydrogen-bond donors (Lipinski definition) is 1. The van der Waals surface area contributed by atoms with Crippen LogP contribution in [0.25, 0.3) is 0 Å². The normalized spacial score (nSPS) is 19.8. The van der Waals surface area contributed by atoms with Crippen LogP contribution in [0.2, 0.25) is 0 Å². The van der Waals surface area contributed by atoms with Gasteiger partial charge in [0.25, 0.3) is 0 Å². The molecule has 74 valence electrons. The number of carbonyl (C=O) groups is 1. The van der Waals surface area contributed by atoms with Gasteiger partial charge in [-0.2, -0.15) is 8.78 Å². The number of halogens is 2. The van der Waals surface area contributed by atoms with Crippen LogP contribution in [0.15, 0.2) is 11.6 Å². The zero-order valence-corrected chi connectivity index (χ0v) is 7.26. The van der Waals surface area contributed by atoms with Crippen molar-refractivity contribution in [1.29, 1.82) is 0 Å². The van der Waals surface area contributed by atoms with Crippen molar-refractivity contribution in [2.45, 2.75) is 12.3 Å². The quantitative estimate of drug-likeness (QED) is 0.661. The largest absolute Gasteiger partial charge is 0.477 e. The summed E-state index contributed by atoms with van der Waals surface area (Å²) in [5.41, 5.74) is -0.280. The highest BCUT2D eigenvalue weighted by molar-refractivity contribution is 5.79. The molecule has 0 radical (unpaired) electrons. The predicted molar refractivity (Wildman–Crippen MR) is 42.8 cm³/mol. The summed E-state index contributed by atoms with van der Waals surface area (Å²) in [6.07, 6.45) is 1.41. The molecule has 5 heteroatoms. The summed E-state index contributed by atoms with van der Waals surface area (Å²) >= 11 is 0. The fourth-order valence-electron chi connectivity index (χ4n) is 1.19. The number of alkyl halides is 2. The molecule has 1 heterocycles. The Kier molecular flexibility index (Phi) is 2.66. The lowest BCUT2D eigenvalue weighted by Crippen LogP contribution is -2.36. The Morgan fingerprint density at radius 2 is 2.31 bits per heavy atom. The maximum Gasteiger partial charge on any atom is 0.379 e. The number of rotatable bonds is 2. The molecule has 1 rings (SSSR count). The molecule has 0 fully saturated rings. The first-order valence-corrected chi connectivity index (χ1v) is 3.94. The van der Waals surface area contributed by atoms with E-state index in [2.05, 4.69) is 0 Å². The molecular formula is C8H11F2NO2. The monoisotopic (exact) mass is 191 g/mol. The van der Waals surface area contributed by atoms with E-state index in [9.17, 15) is 13.6 Å². The van der Waals surface area contributed by atoms with Crippen LogP contribution in [0.3, 0.4) is 0 Å². The van der Waals surface area contributed by atoms with Gasteiger partial charge in [-0.15, -0.1) is 0 Å². The first-order chi connectivity index (χ1) is 5.94. The SMILES string of the molecule is CN1CC=C(C(F)(F)C(=O)O)CC1. The summed E-state index contributed by atoms with van der Waals surface area (Å²) in [6, 6.07) is 0. The van der Waals surface area contributed by atoms with E-state index in [0.29, 0.717) is 13.1 Å². The number of nitrogens with zero attached hydrogens (tertiary/aromatic N) is 1. The summed E-state index contributed by atoms with van der Waals surface area (Å²) < 4.78 is 25.7. The molecule has 0 atom stereocenters. The molecule has 1 aliphatic heterocycles. The molecular weight excluding hydrogens is 180 g/mol. The minimum atomic E-state index is -3.69. The molecule has 0 bridgehead atoms. The van der Waals surface area contributed by atoms with Crippen LogP contribution in [0, 0.1) is 0 Å². The second-order valence-electron chi connectivity index (χ2n) is 3.12. The van der Waals surface area contributed by atoms with Gasteiger partial charge in [-0.1, -0.05) is 6.08 Å². The molecule has 13 heavy (non-hydrogen) atoms. The van der Waals surface area contributed by atoms with E-state index >= 15 is 0 Å². The summed E-state index contributed by atoms with van der Waals surface area (Å²) in [6.45, 7) is 0.868. The van der Waals surface area contributed by atoms with Crippen molar-refractivity contribution in [1.82, 2.24) is 4.90 Å². The Bertz CT molecular complexity index is 251. The van der Waals surface area contributed by atoms with Crippen molar-refractivity contribution >= 4 is 5.97 Å². The van der Waals surface area contributed by atoms with Crippen molar-refractivity contribution in [2.24, 2.45) is 0 Å². The van der Waals surface area contributed by atoms with Crippen molar-refractivity contribution in [3.63, 3.8) is 0 Å². The zero-order valence-electron chi connectivity index (χ0n) is 7.26. The van der Waals surface area contributed by atoms with Crippen LogP contribution in [0.4, 0.5) is 8.78 Å². The Balaban J connectivity index is 2.78. The average molecular weight is 191 g/mol. The highest BCUT2D eigenvalue weighted by atomic mass is 19.3. The fraction of sp³-hybridized carbons (Fsp3) is 0.625. The number of carboxylic acids is 1. The number of carboxylic acid groups (broad SMARTS) is 1. The zero-order chi connectivity index (χ0) is 10.1. The van der Waals surface area contributed by atoms with Gasteiger partial charge in [0.2, 0.25) is 0 Å². The second-order valence-corrected chi connectivity index (χ2v) is 3.12. The Labute approximate surface area is 74.6 Å². The molecule has 0 saturated heterocycles. The molecule has 0 aromatic rings. The third-order valence-electron chi connectivity index (χ3n) is 2.08. The lowest BCUT2D eigenvalue weighted by molar-refractivity contribution is -0.159. The number of likely N-dealkylation sites (N-methyl/N-ethyl adjacent to an activating group) is 1. The molecule has 1 N–H and O–H groups in total. The van der Waals surface area contributed by atoms with Crippen LogP contribution in [0.1, 0.15) is 6.42 Å². The molecule has 1 aliphatic rings.